The number of fused-ring (bicyclic) bond motifs is 2. The highest BCUT2D eigenvalue weighted by molar-refractivity contribution is 5.99. The van der Waals surface area contributed by atoms with E-state index in [2.05, 4.69) is 20.3 Å². The number of carbonyl (C=O) groups excluding carboxylic acids is 1. The Morgan fingerprint density at radius 3 is 2.94 bits per heavy atom. The van der Waals surface area contributed by atoms with Gasteiger partial charge in [-0.3, -0.25) is 14.3 Å². The van der Waals surface area contributed by atoms with Crippen molar-refractivity contribution in [2.75, 3.05) is 6.54 Å². The Balaban J connectivity index is 1.27. The van der Waals surface area contributed by atoms with Crippen LogP contribution in [0.4, 0.5) is 4.39 Å². The number of hydrogen-bond donors (Lipinski definition) is 2. The Labute approximate surface area is 179 Å². The van der Waals surface area contributed by atoms with Gasteiger partial charge in [-0.05, 0) is 50.3 Å². The largest absolute Gasteiger partial charge is 0.350 e. The zero-order valence-corrected chi connectivity index (χ0v) is 17.8. The van der Waals surface area contributed by atoms with Gasteiger partial charge in [0.1, 0.15) is 17.3 Å². The molecule has 1 aromatic carbocycles. The lowest BCUT2D eigenvalue weighted by Crippen LogP contribution is -2.48. The van der Waals surface area contributed by atoms with E-state index in [1.807, 2.05) is 6.92 Å². The van der Waals surface area contributed by atoms with Crippen molar-refractivity contribution in [1.82, 2.24) is 29.5 Å². The van der Waals surface area contributed by atoms with Crippen LogP contribution in [0.25, 0.3) is 10.9 Å². The summed E-state index contributed by atoms with van der Waals surface area (Å²) >= 11 is 0. The summed E-state index contributed by atoms with van der Waals surface area (Å²) in [5.41, 5.74) is 1.90. The van der Waals surface area contributed by atoms with E-state index >= 15 is 0 Å². The minimum absolute atomic E-state index is 0.0616. The second kappa shape index (κ2) is 7.64. The van der Waals surface area contributed by atoms with E-state index in [4.69, 9.17) is 0 Å². The zero-order valence-electron chi connectivity index (χ0n) is 17.8. The number of benzene rings is 1. The smallest absolute Gasteiger partial charge is 0.345 e. The fraction of sp³-hybridized carbons (Fsp3) is 0.500. The molecule has 5 rings (SSSR count). The summed E-state index contributed by atoms with van der Waals surface area (Å²) in [6.07, 6.45) is 3.89. The molecule has 164 valence electrons. The summed E-state index contributed by atoms with van der Waals surface area (Å²) in [4.78, 5) is 30.4. The van der Waals surface area contributed by atoms with Crippen molar-refractivity contribution in [2.24, 2.45) is 7.05 Å². The molecule has 31 heavy (non-hydrogen) atoms. The van der Waals surface area contributed by atoms with Gasteiger partial charge in [-0.2, -0.15) is 5.10 Å². The average molecular weight is 426 g/mol. The molecule has 1 saturated carbocycles. The van der Waals surface area contributed by atoms with Crippen LogP contribution >= 0.6 is 0 Å². The van der Waals surface area contributed by atoms with E-state index in [1.54, 1.807) is 23.7 Å². The molecule has 0 saturated heterocycles. The van der Waals surface area contributed by atoms with Crippen molar-refractivity contribution in [2.45, 2.75) is 57.8 Å². The predicted molar refractivity (Wildman–Crippen MR) is 114 cm³/mol. The van der Waals surface area contributed by atoms with Gasteiger partial charge in [-0.1, -0.05) is 6.07 Å². The van der Waals surface area contributed by atoms with Crippen LogP contribution < -0.4 is 11.0 Å². The lowest BCUT2D eigenvalue weighted by Gasteiger charge is -2.39. The van der Waals surface area contributed by atoms with Crippen molar-refractivity contribution in [1.29, 1.82) is 0 Å². The fourth-order valence-corrected chi connectivity index (χ4v) is 5.03. The van der Waals surface area contributed by atoms with Crippen molar-refractivity contribution < 1.29 is 9.18 Å². The van der Waals surface area contributed by atoms with Crippen molar-refractivity contribution in [3.05, 3.63) is 51.6 Å². The van der Waals surface area contributed by atoms with E-state index in [9.17, 15) is 14.0 Å². The summed E-state index contributed by atoms with van der Waals surface area (Å²) in [5.74, 6) is 0.282. The number of carbonyl (C=O) groups is 1. The number of halogens is 1. The van der Waals surface area contributed by atoms with Crippen LogP contribution in [0, 0.1) is 12.7 Å². The number of aromatic nitrogens is 4. The zero-order chi connectivity index (χ0) is 21.7. The number of aromatic amines is 1. The summed E-state index contributed by atoms with van der Waals surface area (Å²) in [7, 11) is 1.68. The Bertz CT molecular complexity index is 1170. The van der Waals surface area contributed by atoms with Crippen molar-refractivity contribution >= 4 is 16.8 Å². The van der Waals surface area contributed by atoms with Crippen LogP contribution in [0.1, 0.15) is 47.6 Å². The van der Waals surface area contributed by atoms with E-state index in [0.29, 0.717) is 35.7 Å². The molecule has 2 atom stereocenters. The topological polar surface area (TPSA) is 87.9 Å². The lowest BCUT2D eigenvalue weighted by molar-refractivity contribution is 0.0849. The molecule has 2 aliphatic rings. The number of H-pyrrole nitrogens is 1. The maximum Gasteiger partial charge on any atom is 0.345 e. The molecule has 1 aliphatic heterocycles. The molecule has 1 amide bonds. The first kappa shape index (κ1) is 20.0. The molecule has 0 unspecified atom stereocenters. The first-order chi connectivity index (χ1) is 14.9. The first-order valence-electron chi connectivity index (χ1n) is 10.9. The highest BCUT2D eigenvalue weighted by Crippen LogP contribution is 2.27. The maximum absolute atomic E-state index is 14.1. The van der Waals surface area contributed by atoms with Crippen LogP contribution in [-0.4, -0.2) is 48.8 Å². The summed E-state index contributed by atoms with van der Waals surface area (Å²) in [5, 5.41) is 7.95. The van der Waals surface area contributed by atoms with Gasteiger partial charge in [-0.15, -0.1) is 0 Å². The summed E-state index contributed by atoms with van der Waals surface area (Å²) < 4.78 is 17.2. The number of rotatable bonds is 3. The molecule has 8 nitrogen and oxygen atoms in total. The Kier molecular flexibility index (Phi) is 4.92. The molecule has 3 heterocycles. The normalized spacial score (nSPS) is 21.9. The third-order valence-corrected chi connectivity index (χ3v) is 6.73. The SMILES string of the molecule is Cc1ccc(F)c2cc(C(=O)N[C@@H]3CCC[C@@H](N4CCn5c(nn(C)c5=O)C4)C3)[nH]c12. The molecule has 3 aromatic rings. The molecule has 0 spiro atoms. The number of amides is 1. The number of nitrogens with one attached hydrogen (secondary N) is 2. The Hall–Kier alpha value is -2.94. The second-order valence-electron chi connectivity index (χ2n) is 8.77. The van der Waals surface area contributed by atoms with Gasteiger partial charge < -0.3 is 10.3 Å². The third-order valence-electron chi connectivity index (χ3n) is 6.73. The maximum atomic E-state index is 14.1. The third kappa shape index (κ3) is 3.56. The molecular weight excluding hydrogens is 399 g/mol. The fourth-order valence-electron chi connectivity index (χ4n) is 5.03. The summed E-state index contributed by atoms with van der Waals surface area (Å²) in [6.45, 7) is 4.01. The van der Waals surface area contributed by atoms with Gasteiger partial charge in [0.2, 0.25) is 0 Å². The summed E-state index contributed by atoms with van der Waals surface area (Å²) in [6, 6.07) is 5.14. The number of aryl methyl sites for hydroxylation is 2. The van der Waals surface area contributed by atoms with Crippen molar-refractivity contribution in [3.8, 4) is 0 Å². The molecule has 0 bridgehead atoms. The minimum Gasteiger partial charge on any atom is -0.350 e. The highest BCUT2D eigenvalue weighted by atomic mass is 19.1. The molecule has 2 N–H and O–H groups in total. The lowest BCUT2D eigenvalue weighted by atomic mass is 9.89. The molecule has 9 heteroatoms. The quantitative estimate of drug-likeness (QED) is 0.671. The Morgan fingerprint density at radius 2 is 2.13 bits per heavy atom. The van der Waals surface area contributed by atoms with Crippen LogP contribution in [-0.2, 0) is 20.1 Å². The molecule has 1 fully saturated rings. The van der Waals surface area contributed by atoms with Gasteiger partial charge >= 0.3 is 5.69 Å². The predicted octanol–water partition coefficient (Wildman–Crippen LogP) is 2.07. The molecule has 0 radical (unpaired) electrons. The van der Waals surface area contributed by atoms with Gasteiger partial charge in [0.05, 0.1) is 12.1 Å². The molecule has 2 aromatic heterocycles. The second-order valence-corrected chi connectivity index (χ2v) is 8.77. The minimum atomic E-state index is -0.327. The van der Waals surface area contributed by atoms with E-state index < -0.39 is 0 Å². The van der Waals surface area contributed by atoms with Gasteiger partial charge in [-0.25, -0.2) is 13.9 Å². The van der Waals surface area contributed by atoms with Crippen LogP contribution in [0.3, 0.4) is 0 Å². The Morgan fingerprint density at radius 1 is 1.29 bits per heavy atom. The standard InChI is InChI=1S/C22H27FN6O2/c1-13-6-7-17(23)16-11-18(25-20(13)16)21(30)24-14-4-3-5-15(10-14)28-8-9-29-19(12-28)26-27(2)22(29)31/h6-7,11,14-15,25H,3-5,8-10,12H2,1-2H3,(H,24,30)/t14-,15-/m1/s1. The van der Waals surface area contributed by atoms with Crippen LogP contribution in [0.15, 0.2) is 23.0 Å². The monoisotopic (exact) mass is 426 g/mol. The van der Waals surface area contributed by atoms with E-state index in [-0.39, 0.29) is 23.5 Å². The van der Waals surface area contributed by atoms with Gasteiger partial charge in [0.25, 0.3) is 5.91 Å². The van der Waals surface area contributed by atoms with Crippen LogP contribution in [0.5, 0.6) is 0 Å². The van der Waals surface area contributed by atoms with Gasteiger partial charge in [0.15, 0.2) is 0 Å². The highest BCUT2D eigenvalue weighted by Gasteiger charge is 2.31. The average Bonchev–Trinajstić information content (AvgIpc) is 3.34. The van der Waals surface area contributed by atoms with Crippen molar-refractivity contribution in [3.63, 3.8) is 0 Å². The van der Waals surface area contributed by atoms with Gasteiger partial charge in [0, 0.05) is 37.6 Å². The molecular formula is C22H27FN6O2. The van der Waals surface area contributed by atoms with E-state index in [1.165, 1.54) is 10.7 Å². The number of hydrogen-bond acceptors (Lipinski definition) is 4. The van der Waals surface area contributed by atoms with Crippen LogP contribution in [0.2, 0.25) is 0 Å². The molecule has 1 aliphatic carbocycles. The number of nitrogens with zero attached hydrogens (tertiary/aromatic N) is 4. The van der Waals surface area contributed by atoms with E-state index in [0.717, 1.165) is 43.6 Å². The first-order valence-corrected chi connectivity index (χ1v) is 10.9.